The molecule has 84 valence electrons. The van der Waals surface area contributed by atoms with E-state index in [1.54, 1.807) is 6.92 Å². The number of amides is 1. The number of rotatable bonds is 5. The molecule has 0 aliphatic rings. The van der Waals surface area contributed by atoms with Crippen molar-refractivity contribution in [2.24, 2.45) is 5.73 Å². The lowest BCUT2D eigenvalue weighted by atomic mass is 10.2. The Morgan fingerprint density at radius 3 is 2.93 bits per heavy atom. The van der Waals surface area contributed by atoms with Crippen LogP contribution in [0.2, 0.25) is 0 Å². The SMILES string of the molecule is CCCC(N)C(=O)NCc1noc(C)n1. The van der Waals surface area contributed by atoms with E-state index in [0.29, 0.717) is 18.1 Å². The van der Waals surface area contributed by atoms with Gasteiger partial charge in [-0.1, -0.05) is 18.5 Å². The summed E-state index contributed by atoms with van der Waals surface area (Å²) in [6.07, 6.45) is 1.56. The Labute approximate surface area is 88.2 Å². The van der Waals surface area contributed by atoms with Gasteiger partial charge >= 0.3 is 0 Å². The van der Waals surface area contributed by atoms with Gasteiger partial charge in [0, 0.05) is 6.92 Å². The Balaban J connectivity index is 2.34. The number of nitrogens with two attached hydrogens (primary N) is 1. The fourth-order valence-electron chi connectivity index (χ4n) is 1.15. The molecule has 1 amide bonds. The van der Waals surface area contributed by atoms with Crippen LogP contribution in [0.4, 0.5) is 0 Å². The van der Waals surface area contributed by atoms with Crippen LogP contribution in [0.3, 0.4) is 0 Å². The number of carbonyl (C=O) groups is 1. The fraction of sp³-hybridized carbons (Fsp3) is 0.667. The number of hydrogen-bond acceptors (Lipinski definition) is 5. The summed E-state index contributed by atoms with van der Waals surface area (Å²) in [5.41, 5.74) is 5.62. The lowest BCUT2D eigenvalue weighted by Gasteiger charge is -2.09. The predicted octanol–water partition coefficient (Wildman–Crippen LogP) is 0.122. The number of aromatic nitrogens is 2. The molecular formula is C9H16N4O2. The standard InChI is InChI=1S/C9H16N4O2/c1-3-4-7(10)9(14)11-5-8-12-6(2)15-13-8/h7H,3-5,10H2,1-2H3,(H,11,14). The third-order valence-corrected chi connectivity index (χ3v) is 1.93. The Morgan fingerprint density at radius 1 is 1.67 bits per heavy atom. The monoisotopic (exact) mass is 212 g/mol. The number of carbonyl (C=O) groups excluding carboxylic acids is 1. The molecule has 0 aliphatic heterocycles. The maximum absolute atomic E-state index is 11.4. The maximum atomic E-state index is 11.4. The molecule has 6 heteroatoms. The summed E-state index contributed by atoms with van der Waals surface area (Å²) in [7, 11) is 0. The Hall–Kier alpha value is -1.43. The van der Waals surface area contributed by atoms with Crippen molar-refractivity contribution in [3.05, 3.63) is 11.7 Å². The molecule has 0 saturated heterocycles. The molecule has 1 atom stereocenters. The Kier molecular flexibility index (Phi) is 4.23. The van der Waals surface area contributed by atoms with E-state index in [-0.39, 0.29) is 12.5 Å². The topological polar surface area (TPSA) is 94.0 Å². The zero-order valence-corrected chi connectivity index (χ0v) is 8.99. The van der Waals surface area contributed by atoms with Gasteiger partial charge in [-0.25, -0.2) is 0 Å². The molecular weight excluding hydrogens is 196 g/mol. The van der Waals surface area contributed by atoms with Crippen LogP contribution < -0.4 is 11.1 Å². The Morgan fingerprint density at radius 2 is 2.40 bits per heavy atom. The molecule has 0 spiro atoms. The van der Waals surface area contributed by atoms with Gasteiger partial charge in [0.2, 0.25) is 11.8 Å². The molecule has 0 aliphatic carbocycles. The van der Waals surface area contributed by atoms with Crippen molar-refractivity contribution in [3.63, 3.8) is 0 Å². The van der Waals surface area contributed by atoms with E-state index in [1.807, 2.05) is 6.92 Å². The van der Waals surface area contributed by atoms with Crippen molar-refractivity contribution >= 4 is 5.91 Å². The van der Waals surface area contributed by atoms with Gasteiger partial charge in [-0.05, 0) is 6.42 Å². The minimum absolute atomic E-state index is 0.181. The number of hydrogen-bond donors (Lipinski definition) is 2. The van der Waals surface area contributed by atoms with Crippen molar-refractivity contribution in [2.75, 3.05) is 0 Å². The molecule has 1 aromatic heterocycles. The van der Waals surface area contributed by atoms with E-state index >= 15 is 0 Å². The molecule has 0 radical (unpaired) electrons. The van der Waals surface area contributed by atoms with Crippen LogP contribution in [0.25, 0.3) is 0 Å². The normalized spacial score (nSPS) is 12.5. The van der Waals surface area contributed by atoms with E-state index in [1.165, 1.54) is 0 Å². The van der Waals surface area contributed by atoms with Crippen LogP contribution in [0.5, 0.6) is 0 Å². The molecule has 0 aromatic carbocycles. The number of nitrogens with zero attached hydrogens (tertiary/aromatic N) is 2. The maximum Gasteiger partial charge on any atom is 0.237 e. The van der Waals surface area contributed by atoms with Crippen LogP contribution in [-0.2, 0) is 11.3 Å². The van der Waals surface area contributed by atoms with Crippen molar-refractivity contribution in [1.82, 2.24) is 15.5 Å². The van der Waals surface area contributed by atoms with Crippen LogP contribution in [0.1, 0.15) is 31.5 Å². The van der Waals surface area contributed by atoms with Crippen molar-refractivity contribution in [2.45, 2.75) is 39.3 Å². The molecule has 15 heavy (non-hydrogen) atoms. The van der Waals surface area contributed by atoms with Crippen LogP contribution in [0, 0.1) is 6.92 Å². The van der Waals surface area contributed by atoms with Crippen LogP contribution in [-0.4, -0.2) is 22.1 Å². The molecule has 3 N–H and O–H groups in total. The molecule has 1 aromatic rings. The summed E-state index contributed by atoms with van der Waals surface area (Å²) in [4.78, 5) is 15.3. The van der Waals surface area contributed by atoms with Gasteiger partial charge in [0.05, 0.1) is 12.6 Å². The van der Waals surface area contributed by atoms with E-state index in [4.69, 9.17) is 10.3 Å². The lowest BCUT2D eigenvalue weighted by molar-refractivity contribution is -0.122. The van der Waals surface area contributed by atoms with Gasteiger partial charge in [-0.3, -0.25) is 4.79 Å². The second-order valence-corrected chi connectivity index (χ2v) is 3.34. The smallest absolute Gasteiger partial charge is 0.237 e. The third-order valence-electron chi connectivity index (χ3n) is 1.93. The first-order valence-corrected chi connectivity index (χ1v) is 4.96. The van der Waals surface area contributed by atoms with Crippen molar-refractivity contribution in [3.8, 4) is 0 Å². The average Bonchev–Trinajstić information content (AvgIpc) is 2.61. The quantitative estimate of drug-likeness (QED) is 0.723. The summed E-state index contributed by atoms with van der Waals surface area (Å²) < 4.78 is 4.76. The van der Waals surface area contributed by atoms with E-state index in [9.17, 15) is 4.79 Å². The summed E-state index contributed by atoms with van der Waals surface area (Å²) in [5.74, 6) is 0.765. The van der Waals surface area contributed by atoms with Crippen LogP contribution in [0.15, 0.2) is 4.52 Å². The summed E-state index contributed by atoms with van der Waals surface area (Å²) in [6, 6.07) is -0.456. The lowest BCUT2D eigenvalue weighted by Crippen LogP contribution is -2.40. The highest BCUT2D eigenvalue weighted by Crippen LogP contribution is 1.96. The molecule has 6 nitrogen and oxygen atoms in total. The fourth-order valence-corrected chi connectivity index (χ4v) is 1.15. The second-order valence-electron chi connectivity index (χ2n) is 3.34. The zero-order chi connectivity index (χ0) is 11.3. The van der Waals surface area contributed by atoms with E-state index in [0.717, 1.165) is 6.42 Å². The number of nitrogens with one attached hydrogen (secondary N) is 1. The van der Waals surface area contributed by atoms with Crippen LogP contribution >= 0.6 is 0 Å². The highest BCUT2D eigenvalue weighted by molar-refractivity contribution is 5.81. The molecule has 1 heterocycles. The van der Waals surface area contributed by atoms with Crippen molar-refractivity contribution in [1.29, 1.82) is 0 Å². The first-order chi connectivity index (χ1) is 7.13. The molecule has 0 saturated carbocycles. The molecule has 1 unspecified atom stereocenters. The zero-order valence-electron chi connectivity index (χ0n) is 8.99. The van der Waals surface area contributed by atoms with Gasteiger partial charge in [0.1, 0.15) is 0 Å². The van der Waals surface area contributed by atoms with Gasteiger partial charge in [-0.15, -0.1) is 0 Å². The third kappa shape index (κ3) is 3.67. The highest BCUT2D eigenvalue weighted by Gasteiger charge is 2.12. The Bertz CT molecular complexity index is 324. The van der Waals surface area contributed by atoms with E-state index < -0.39 is 6.04 Å². The minimum atomic E-state index is -0.456. The largest absolute Gasteiger partial charge is 0.347 e. The highest BCUT2D eigenvalue weighted by atomic mass is 16.5. The summed E-state index contributed by atoms with van der Waals surface area (Å²) in [6.45, 7) is 3.93. The first kappa shape index (κ1) is 11.6. The average molecular weight is 212 g/mol. The molecule has 0 fully saturated rings. The summed E-state index contributed by atoms with van der Waals surface area (Å²) in [5, 5.41) is 6.30. The van der Waals surface area contributed by atoms with E-state index in [2.05, 4.69) is 15.5 Å². The van der Waals surface area contributed by atoms with Gasteiger partial charge in [0.25, 0.3) is 0 Å². The van der Waals surface area contributed by atoms with Gasteiger partial charge < -0.3 is 15.6 Å². The second kappa shape index (κ2) is 5.45. The predicted molar refractivity (Wildman–Crippen MR) is 53.8 cm³/mol. The van der Waals surface area contributed by atoms with Gasteiger partial charge in [0.15, 0.2) is 5.82 Å². The van der Waals surface area contributed by atoms with Crippen molar-refractivity contribution < 1.29 is 9.32 Å². The molecule has 1 rings (SSSR count). The van der Waals surface area contributed by atoms with Gasteiger partial charge in [-0.2, -0.15) is 4.98 Å². The number of aryl methyl sites for hydroxylation is 1. The molecule has 0 bridgehead atoms. The first-order valence-electron chi connectivity index (χ1n) is 4.96. The summed E-state index contributed by atoms with van der Waals surface area (Å²) >= 11 is 0. The minimum Gasteiger partial charge on any atom is -0.347 e.